The maximum atomic E-state index is 5.08. The average molecular weight is 412 g/mol. The second kappa shape index (κ2) is 10.6. The normalized spacial score (nSPS) is 18.0. The Balaban J connectivity index is 0.00000400. The van der Waals surface area contributed by atoms with Gasteiger partial charge in [0.2, 0.25) is 0 Å². The predicted molar refractivity (Wildman–Crippen MR) is 101 cm³/mol. The molecule has 1 fully saturated rings. The zero-order chi connectivity index (χ0) is 15.0. The number of likely N-dealkylation sites (tertiary alicyclic amines) is 1. The monoisotopic (exact) mass is 412 g/mol. The molecule has 0 amide bonds. The van der Waals surface area contributed by atoms with E-state index in [1.165, 1.54) is 6.42 Å². The Morgan fingerprint density at radius 1 is 1.38 bits per heavy atom. The molecule has 126 valence electrons. The number of guanidine groups is 1. The molecule has 0 saturated carbocycles. The summed E-state index contributed by atoms with van der Waals surface area (Å²) in [6.07, 6.45) is 2.37. The third kappa shape index (κ3) is 8.21. The number of rotatable bonds is 7. The summed E-state index contributed by atoms with van der Waals surface area (Å²) in [5.41, 5.74) is 0.415. The Morgan fingerprint density at radius 2 is 2.10 bits per heavy atom. The SMILES string of the molecule is CN=C(NCCCN(C)CCOC)N1CCC(C)(C)C1.I. The van der Waals surface area contributed by atoms with Crippen molar-refractivity contribution in [2.24, 2.45) is 10.4 Å². The summed E-state index contributed by atoms with van der Waals surface area (Å²) in [7, 11) is 5.76. The molecule has 5 nitrogen and oxygen atoms in total. The van der Waals surface area contributed by atoms with E-state index in [9.17, 15) is 0 Å². The lowest BCUT2D eigenvalue weighted by Crippen LogP contribution is -2.41. The van der Waals surface area contributed by atoms with E-state index in [1.54, 1.807) is 7.11 Å². The maximum Gasteiger partial charge on any atom is 0.193 e. The largest absolute Gasteiger partial charge is 0.383 e. The van der Waals surface area contributed by atoms with Crippen molar-refractivity contribution in [3.05, 3.63) is 0 Å². The van der Waals surface area contributed by atoms with Crippen LogP contribution in [0.25, 0.3) is 0 Å². The van der Waals surface area contributed by atoms with Gasteiger partial charge in [0, 0.05) is 40.3 Å². The van der Waals surface area contributed by atoms with Crippen LogP contribution in [0.15, 0.2) is 4.99 Å². The first kappa shape index (κ1) is 20.9. The van der Waals surface area contributed by atoms with Crippen molar-refractivity contribution in [3.8, 4) is 0 Å². The van der Waals surface area contributed by atoms with Crippen LogP contribution < -0.4 is 5.32 Å². The number of hydrogen-bond donors (Lipinski definition) is 1. The van der Waals surface area contributed by atoms with E-state index in [0.29, 0.717) is 5.41 Å². The molecule has 0 spiro atoms. The summed E-state index contributed by atoms with van der Waals surface area (Å²) >= 11 is 0. The lowest BCUT2D eigenvalue weighted by atomic mass is 9.93. The third-order valence-corrected chi connectivity index (χ3v) is 3.87. The number of methoxy groups -OCH3 is 1. The van der Waals surface area contributed by atoms with E-state index in [1.807, 2.05) is 7.05 Å². The van der Waals surface area contributed by atoms with Crippen molar-refractivity contribution in [1.29, 1.82) is 0 Å². The highest BCUT2D eigenvalue weighted by Crippen LogP contribution is 2.28. The number of nitrogens with one attached hydrogen (secondary N) is 1. The van der Waals surface area contributed by atoms with Crippen molar-refractivity contribution in [2.45, 2.75) is 26.7 Å². The maximum absolute atomic E-state index is 5.08. The van der Waals surface area contributed by atoms with Crippen LogP contribution in [-0.4, -0.2) is 76.3 Å². The number of hydrogen-bond acceptors (Lipinski definition) is 3. The molecule has 1 saturated heterocycles. The van der Waals surface area contributed by atoms with E-state index >= 15 is 0 Å². The van der Waals surface area contributed by atoms with Crippen molar-refractivity contribution in [1.82, 2.24) is 15.1 Å². The third-order valence-electron chi connectivity index (χ3n) is 3.87. The Bertz CT molecular complexity index is 310. The van der Waals surface area contributed by atoms with E-state index in [4.69, 9.17) is 4.74 Å². The molecule has 0 unspecified atom stereocenters. The molecule has 1 N–H and O–H groups in total. The van der Waals surface area contributed by atoms with Crippen molar-refractivity contribution in [3.63, 3.8) is 0 Å². The molecule has 1 aliphatic heterocycles. The number of halogens is 1. The molecular weight excluding hydrogens is 379 g/mol. The second-order valence-electron chi connectivity index (χ2n) is 6.46. The van der Waals surface area contributed by atoms with Crippen molar-refractivity contribution < 1.29 is 4.74 Å². The molecule has 6 heteroatoms. The highest BCUT2D eigenvalue weighted by Gasteiger charge is 2.30. The summed E-state index contributed by atoms with van der Waals surface area (Å²) in [6.45, 7) is 10.7. The van der Waals surface area contributed by atoms with Gasteiger partial charge in [0.05, 0.1) is 6.61 Å². The van der Waals surface area contributed by atoms with Crippen LogP contribution in [0.1, 0.15) is 26.7 Å². The van der Waals surface area contributed by atoms with Gasteiger partial charge in [0.25, 0.3) is 0 Å². The summed E-state index contributed by atoms with van der Waals surface area (Å²) < 4.78 is 5.08. The zero-order valence-electron chi connectivity index (χ0n) is 14.3. The molecule has 0 bridgehead atoms. The summed E-state index contributed by atoms with van der Waals surface area (Å²) in [5, 5.41) is 3.48. The molecule has 1 rings (SSSR count). The van der Waals surface area contributed by atoms with Crippen LogP contribution in [0.2, 0.25) is 0 Å². The highest BCUT2D eigenvalue weighted by molar-refractivity contribution is 14.0. The smallest absolute Gasteiger partial charge is 0.193 e. The Kier molecular flexibility index (Phi) is 10.6. The summed E-state index contributed by atoms with van der Waals surface area (Å²) in [6, 6.07) is 0. The van der Waals surface area contributed by atoms with Gasteiger partial charge in [-0.15, -0.1) is 24.0 Å². The van der Waals surface area contributed by atoms with Gasteiger partial charge < -0.3 is 19.9 Å². The van der Waals surface area contributed by atoms with Crippen LogP contribution >= 0.6 is 24.0 Å². The van der Waals surface area contributed by atoms with Gasteiger partial charge in [-0.1, -0.05) is 13.8 Å². The molecule has 0 aromatic heterocycles. The predicted octanol–water partition coefficient (Wildman–Crippen LogP) is 1.88. The highest BCUT2D eigenvalue weighted by atomic mass is 127. The van der Waals surface area contributed by atoms with Gasteiger partial charge in [-0.2, -0.15) is 0 Å². The lowest BCUT2D eigenvalue weighted by molar-refractivity contribution is 0.161. The molecule has 0 aromatic rings. The van der Waals surface area contributed by atoms with Gasteiger partial charge in [-0.3, -0.25) is 4.99 Å². The molecule has 21 heavy (non-hydrogen) atoms. The fourth-order valence-electron chi connectivity index (χ4n) is 2.53. The Labute approximate surface area is 147 Å². The minimum absolute atomic E-state index is 0. The standard InChI is InChI=1S/C15H32N4O.HI/c1-15(2)7-10-19(13-15)14(16-3)17-8-6-9-18(4)11-12-20-5;/h6-13H2,1-5H3,(H,16,17);1H. The topological polar surface area (TPSA) is 40.1 Å². The summed E-state index contributed by atoms with van der Waals surface area (Å²) in [5.74, 6) is 1.05. The van der Waals surface area contributed by atoms with Crippen molar-refractivity contribution in [2.75, 3.05) is 60.5 Å². The van der Waals surface area contributed by atoms with Gasteiger partial charge in [-0.05, 0) is 31.8 Å². The number of likely N-dealkylation sites (N-methyl/N-ethyl adjacent to an activating group) is 1. The minimum atomic E-state index is 0. The number of nitrogens with zero attached hydrogens (tertiary/aromatic N) is 3. The molecular formula is C15H33IN4O. The fourth-order valence-corrected chi connectivity index (χ4v) is 2.53. The van der Waals surface area contributed by atoms with E-state index in [-0.39, 0.29) is 24.0 Å². The van der Waals surface area contributed by atoms with Crippen molar-refractivity contribution >= 4 is 29.9 Å². The van der Waals surface area contributed by atoms with Crippen LogP contribution in [-0.2, 0) is 4.74 Å². The molecule has 0 radical (unpaired) electrons. The first-order valence-electron chi connectivity index (χ1n) is 7.61. The van der Waals surface area contributed by atoms with Gasteiger partial charge in [0.15, 0.2) is 5.96 Å². The average Bonchev–Trinajstić information content (AvgIpc) is 2.76. The number of aliphatic imine (C=N–C) groups is 1. The molecule has 0 aliphatic carbocycles. The van der Waals surface area contributed by atoms with E-state index in [2.05, 4.69) is 41.0 Å². The molecule has 0 atom stereocenters. The lowest BCUT2D eigenvalue weighted by Gasteiger charge is -2.24. The molecule has 1 heterocycles. The van der Waals surface area contributed by atoms with Crippen LogP contribution in [0, 0.1) is 5.41 Å². The van der Waals surface area contributed by atoms with Gasteiger partial charge in [0.1, 0.15) is 0 Å². The van der Waals surface area contributed by atoms with Crippen LogP contribution in [0.3, 0.4) is 0 Å². The minimum Gasteiger partial charge on any atom is -0.383 e. The number of ether oxygens (including phenoxy) is 1. The quantitative estimate of drug-likeness (QED) is 0.300. The first-order chi connectivity index (χ1) is 9.48. The molecule has 1 aliphatic rings. The van der Waals surface area contributed by atoms with Gasteiger partial charge in [-0.25, -0.2) is 0 Å². The Hall–Kier alpha value is -0.0800. The van der Waals surface area contributed by atoms with Crippen LogP contribution in [0.5, 0.6) is 0 Å². The molecule has 0 aromatic carbocycles. The first-order valence-corrected chi connectivity index (χ1v) is 7.61. The zero-order valence-corrected chi connectivity index (χ0v) is 16.6. The van der Waals surface area contributed by atoms with Gasteiger partial charge >= 0.3 is 0 Å². The van der Waals surface area contributed by atoms with Crippen LogP contribution in [0.4, 0.5) is 0 Å². The Morgan fingerprint density at radius 3 is 2.62 bits per heavy atom. The second-order valence-corrected chi connectivity index (χ2v) is 6.46. The van der Waals surface area contributed by atoms with E-state index in [0.717, 1.165) is 51.7 Å². The van der Waals surface area contributed by atoms with E-state index < -0.39 is 0 Å². The fraction of sp³-hybridized carbons (Fsp3) is 0.933. The summed E-state index contributed by atoms with van der Waals surface area (Å²) in [4.78, 5) is 9.07.